The molecule has 0 N–H and O–H groups in total. The quantitative estimate of drug-likeness (QED) is 0.526. The highest BCUT2D eigenvalue weighted by molar-refractivity contribution is 5.33. The first kappa shape index (κ1) is 9.71. The minimum Gasteiger partial charge on any atom is -0.359 e. The van der Waals surface area contributed by atoms with Crippen LogP contribution < -0.4 is 0 Å². The Balaban J connectivity index is 2.93. The molecule has 1 rings (SSSR count). The molecule has 0 saturated carbocycles. The summed E-state index contributed by atoms with van der Waals surface area (Å²) in [6, 6.07) is 6.05. The van der Waals surface area contributed by atoms with Gasteiger partial charge in [0.15, 0.2) is 5.34 Å². The van der Waals surface area contributed by atoms with Gasteiger partial charge in [-0.15, -0.1) is 4.91 Å². The second-order valence-corrected chi connectivity index (χ2v) is 2.91. The van der Waals surface area contributed by atoms with Crippen LogP contribution in [0.5, 0.6) is 0 Å². The largest absolute Gasteiger partial charge is 0.359 e. The third kappa shape index (κ3) is 2.28. The molecule has 0 aliphatic carbocycles. The van der Waals surface area contributed by atoms with E-state index in [1.165, 1.54) is 5.56 Å². The Hall–Kier alpha value is -1.38. The minimum atomic E-state index is 0.277. The van der Waals surface area contributed by atoms with Crippen LogP contribution in [-0.2, 0) is 17.9 Å². The first-order valence-electron chi connectivity index (χ1n) is 4.31. The van der Waals surface area contributed by atoms with Crippen molar-refractivity contribution in [2.75, 3.05) is 0 Å². The zero-order valence-electron chi connectivity index (χ0n) is 7.91. The zero-order valence-corrected chi connectivity index (χ0v) is 7.91. The molecular formula is C10H13NO2. The summed E-state index contributed by atoms with van der Waals surface area (Å²) in [4.78, 5) is 14.3. The maximum atomic E-state index is 9.82. The smallest absolute Gasteiger partial charge is 0.155 e. The molecule has 3 nitrogen and oxygen atoms in total. The maximum absolute atomic E-state index is 9.82. The second kappa shape index (κ2) is 4.60. The molecule has 0 bridgehead atoms. The highest BCUT2D eigenvalue weighted by Crippen LogP contribution is 2.15. The van der Waals surface area contributed by atoms with Crippen LogP contribution in [0.2, 0.25) is 0 Å². The molecule has 13 heavy (non-hydrogen) atoms. The molecule has 1 aromatic carbocycles. The fourth-order valence-corrected chi connectivity index (χ4v) is 1.39. The van der Waals surface area contributed by atoms with E-state index in [-0.39, 0.29) is 6.61 Å². The van der Waals surface area contributed by atoms with Crippen LogP contribution in [0.25, 0.3) is 0 Å². The van der Waals surface area contributed by atoms with E-state index in [4.69, 9.17) is 0 Å². The summed E-state index contributed by atoms with van der Waals surface area (Å²) in [7, 11) is 0. The van der Waals surface area contributed by atoms with Crippen molar-refractivity contribution in [3.8, 4) is 0 Å². The van der Waals surface area contributed by atoms with E-state index in [2.05, 4.69) is 17.1 Å². The molecule has 0 radical (unpaired) electrons. The molecule has 0 saturated heterocycles. The van der Waals surface area contributed by atoms with Crippen molar-refractivity contribution >= 4 is 0 Å². The van der Waals surface area contributed by atoms with Gasteiger partial charge in [-0.3, -0.25) is 0 Å². The van der Waals surface area contributed by atoms with Crippen LogP contribution in [0.4, 0.5) is 0 Å². The van der Waals surface area contributed by atoms with Crippen molar-refractivity contribution in [2.24, 2.45) is 5.34 Å². The molecule has 0 heterocycles. The van der Waals surface area contributed by atoms with E-state index in [9.17, 15) is 4.91 Å². The fourth-order valence-electron chi connectivity index (χ4n) is 1.39. The summed E-state index contributed by atoms with van der Waals surface area (Å²) in [6.07, 6.45) is 0.944. The van der Waals surface area contributed by atoms with E-state index >= 15 is 0 Å². The lowest BCUT2D eigenvalue weighted by Gasteiger charge is -2.08. The number of hydrogen-bond acceptors (Lipinski definition) is 3. The molecule has 0 aliphatic heterocycles. The average molecular weight is 179 g/mol. The molecule has 70 valence electrons. The van der Waals surface area contributed by atoms with Crippen LogP contribution in [-0.4, -0.2) is 0 Å². The number of aryl methyl sites for hydroxylation is 2. The van der Waals surface area contributed by atoms with Gasteiger partial charge >= 0.3 is 0 Å². The Morgan fingerprint density at radius 1 is 1.46 bits per heavy atom. The van der Waals surface area contributed by atoms with Gasteiger partial charge in [0.05, 0.1) is 0 Å². The van der Waals surface area contributed by atoms with Gasteiger partial charge in [0.2, 0.25) is 0 Å². The minimum absolute atomic E-state index is 0.277. The normalized spacial score (nSPS) is 9.69. The van der Waals surface area contributed by atoms with E-state index in [1.807, 2.05) is 25.1 Å². The van der Waals surface area contributed by atoms with Crippen molar-refractivity contribution in [3.05, 3.63) is 39.8 Å². The van der Waals surface area contributed by atoms with Gasteiger partial charge in [0.1, 0.15) is 6.61 Å². The first-order chi connectivity index (χ1) is 6.29. The molecule has 0 amide bonds. The molecule has 0 aliphatic rings. The van der Waals surface area contributed by atoms with Crippen LogP contribution in [0, 0.1) is 11.8 Å². The summed E-state index contributed by atoms with van der Waals surface area (Å²) < 4.78 is 0. The summed E-state index contributed by atoms with van der Waals surface area (Å²) in [5, 5.41) is 2.40. The average Bonchev–Trinajstić information content (AvgIpc) is 2.15. The van der Waals surface area contributed by atoms with E-state index in [0.29, 0.717) is 0 Å². The van der Waals surface area contributed by atoms with E-state index in [1.54, 1.807) is 0 Å². The summed E-state index contributed by atoms with van der Waals surface area (Å²) >= 11 is 0. The van der Waals surface area contributed by atoms with Crippen molar-refractivity contribution in [1.82, 2.24) is 0 Å². The lowest BCUT2D eigenvalue weighted by molar-refractivity contribution is 0.125. The van der Waals surface area contributed by atoms with Crippen LogP contribution in [0.3, 0.4) is 0 Å². The molecular weight excluding hydrogens is 166 g/mol. The predicted molar refractivity (Wildman–Crippen MR) is 51.1 cm³/mol. The Kier molecular flexibility index (Phi) is 3.43. The Bertz CT molecular complexity index is 297. The van der Waals surface area contributed by atoms with Gasteiger partial charge in [-0.2, -0.15) is 0 Å². The monoisotopic (exact) mass is 179 g/mol. The highest BCUT2D eigenvalue weighted by atomic mass is 16.7. The summed E-state index contributed by atoms with van der Waals surface area (Å²) in [6.45, 7) is 4.36. The molecule has 0 aromatic heterocycles. The molecule has 0 unspecified atom stereocenters. The summed E-state index contributed by atoms with van der Waals surface area (Å²) in [5.41, 5.74) is 3.43. The Morgan fingerprint density at radius 2 is 2.23 bits per heavy atom. The van der Waals surface area contributed by atoms with E-state index < -0.39 is 0 Å². The van der Waals surface area contributed by atoms with Gasteiger partial charge in [-0.05, 0) is 30.0 Å². The number of rotatable bonds is 4. The molecule has 0 spiro atoms. The van der Waals surface area contributed by atoms with Gasteiger partial charge < -0.3 is 4.84 Å². The van der Waals surface area contributed by atoms with Crippen LogP contribution >= 0.6 is 0 Å². The van der Waals surface area contributed by atoms with Gasteiger partial charge in [0.25, 0.3) is 0 Å². The maximum Gasteiger partial charge on any atom is 0.155 e. The SMILES string of the molecule is CCc1cccc(C)c1CON=O. The number of benzene rings is 1. The standard InChI is InChI=1S/C10H13NO2/c1-3-9-6-4-5-8(2)10(9)7-13-11-12/h4-6H,3,7H2,1-2H3. The first-order valence-corrected chi connectivity index (χ1v) is 4.31. The van der Waals surface area contributed by atoms with Crippen molar-refractivity contribution < 1.29 is 4.84 Å². The van der Waals surface area contributed by atoms with Crippen molar-refractivity contribution in [2.45, 2.75) is 26.9 Å². The molecule has 0 atom stereocenters. The highest BCUT2D eigenvalue weighted by Gasteiger charge is 2.04. The third-order valence-corrected chi connectivity index (χ3v) is 2.15. The zero-order chi connectivity index (χ0) is 9.68. The van der Waals surface area contributed by atoms with Crippen molar-refractivity contribution in [1.29, 1.82) is 0 Å². The van der Waals surface area contributed by atoms with Crippen molar-refractivity contribution in [3.63, 3.8) is 0 Å². The number of hydrogen-bond donors (Lipinski definition) is 0. The Labute approximate surface area is 77.7 Å². The van der Waals surface area contributed by atoms with Gasteiger partial charge in [-0.25, -0.2) is 0 Å². The molecule has 1 aromatic rings. The Morgan fingerprint density at radius 3 is 2.85 bits per heavy atom. The molecule has 3 heteroatoms. The topological polar surface area (TPSA) is 38.7 Å². The fraction of sp³-hybridized carbons (Fsp3) is 0.400. The third-order valence-electron chi connectivity index (χ3n) is 2.15. The number of nitrogens with zero attached hydrogens (tertiary/aromatic N) is 1. The second-order valence-electron chi connectivity index (χ2n) is 2.91. The lowest BCUT2D eigenvalue weighted by atomic mass is 10.0. The lowest BCUT2D eigenvalue weighted by Crippen LogP contribution is -1.97. The molecule has 0 fully saturated rings. The summed E-state index contributed by atoms with van der Waals surface area (Å²) in [5.74, 6) is 0. The van der Waals surface area contributed by atoms with Gasteiger partial charge in [-0.1, -0.05) is 25.1 Å². The van der Waals surface area contributed by atoms with Gasteiger partial charge in [0, 0.05) is 0 Å². The van der Waals surface area contributed by atoms with E-state index in [0.717, 1.165) is 17.5 Å². The van der Waals surface area contributed by atoms with Crippen LogP contribution in [0.15, 0.2) is 23.5 Å². The van der Waals surface area contributed by atoms with Crippen LogP contribution in [0.1, 0.15) is 23.6 Å². The predicted octanol–water partition coefficient (Wildman–Crippen LogP) is 2.76.